The Morgan fingerprint density at radius 2 is 1.84 bits per heavy atom. The molecule has 1 nitrogen and oxygen atoms in total. The number of allylic oxidation sites excluding steroid dienone is 2. The van der Waals surface area contributed by atoms with Gasteiger partial charge in [-0.25, -0.2) is 0 Å². The Hall–Kier alpha value is -1.37. The topological polar surface area (TPSA) is 12.4 Å². The summed E-state index contributed by atoms with van der Waals surface area (Å²) in [6.45, 7) is 8.98. The average Bonchev–Trinajstić information content (AvgIpc) is 2.41. The standard InChI is InChI=1S/C18H25N/c1-13(2)17-10-11-18(14(3)12-17)19-15(4)16-8-6-5-7-9-16/h5-9,14-15H,10-12H2,1-4H3/t14?,15-/m1/s1. The van der Waals surface area contributed by atoms with Crippen molar-refractivity contribution < 1.29 is 0 Å². The normalized spacial score (nSPS) is 23.5. The molecule has 0 spiro atoms. The molecular formula is C18H25N. The molecule has 1 aromatic rings. The molecule has 19 heavy (non-hydrogen) atoms. The van der Waals surface area contributed by atoms with Crippen LogP contribution >= 0.6 is 0 Å². The third kappa shape index (κ3) is 3.56. The molecule has 1 aromatic carbocycles. The first-order valence-corrected chi connectivity index (χ1v) is 7.34. The van der Waals surface area contributed by atoms with Gasteiger partial charge in [0.05, 0.1) is 6.04 Å². The lowest BCUT2D eigenvalue weighted by Gasteiger charge is -2.25. The van der Waals surface area contributed by atoms with Gasteiger partial charge in [-0.15, -0.1) is 0 Å². The zero-order valence-electron chi connectivity index (χ0n) is 12.6. The lowest BCUT2D eigenvalue weighted by atomic mass is 9.83. The highest BCUT2D eigenvalue weighted by Crippen LogP contribution is 2.30. The summed E-state index contributed by atoms with van der Waals surface area (Å²) in [5.41, 5.74) is 5.86. The Labute approximate surface area is 117 Å². The van der Waals surface area contributed by atoms with E-state index in [-0.39, 0.29) is 6.04 Å². The lowest BCUT2D eigenvalue weighted by Crippen LogP contribution is -2.19. The van der Waals surface area contributed by atoms with Gasteiger partial charge >= 0.3 is 0 Å². The van der Waals surface area contributed by atoms with E-state index in [1.54, 1.807) is 5.57 Å². The van der Waals surface area contributed by atoms with Gasteiger partial charge in [0.2, 0.25) is 0 Å². The molecule has 102 valence electrons. The highest BCUT2D eigenvalue weighted by molar-refractivity contribution is 5.88. The van der Waals surface area contributed by atoms with E-state index in [1.165, 1.54) is 29.7 Å². The van der Waals surface area contributed by atoms with Crippen LogP contribution in [0, 0.1) is 5.92 Å². The van der Waals surface area contributed by atoms with Gasteiger partial charge in [0, 0.05) is 5.71 Å². The van der Waals surface area contributed by atoms with Crippen molar-refractivity contribution in [1.29, 1.82) is 0 Å². The van der Waals surface area contributed by atoms with Crippen LogP contribution in [0.5, 0.6) is 0 Å². The Morgan fingerprint density at radius 1 is 1.16 bits per heavy atom. The van der Waals surface area contributed by atoms with Crippen LogP contribution in [0.3, 0.4) is 0 Å². The van der Waals surface area contributed by atoms with Gasteiger partial charge in [0.15, 0.2) is 0 Å². The minimum Gasteiger partial charge on any atom is -0.286 e. The molecule has 1 aliphatic carbocycles. The van der Waals surface area contributed by atoms with E-state index in [2.05, 4.69) is 58.0 Å². The number of hydrogen-bond donors (Lipinski definition) is 0. The molecular weight excluding hydrogens is 230 g/mol. The molecule has 0 bridgehead atoms. The zero-order chi connectivity index (χ0) is 13.8. The summed E-state index contributed by atoms with van der Waals surface area (Å²) in [5.74, 6) is 0.602. The quantitative estimate of drug-likeness (QED) is 0.632. The number of hydrogen-bond acceptors (Lipinski definition) is 1. The molecule has 0 aliphatic heterocycles. The van der Waals surface area contributed by atoms with Crippen LogP contribution in [0.15, 0.2) is 46.5 Å². The second kappa shape index (κ2) is 6.18. The van der Waals surface area contributed by atoms with E-state index >= 15 is 0 Å². The first-order valence-electron chi connectivity index (χ1n) is 7.34. The van der Waals surface area contributed by atoms with Gasteiger partial charge < -0.3 is 0 Å². The number of rotatable bonds is 2. The second-order valence-corrected chi connectivity index (χ2v) is 5.92. The molecule has 1 heteroatoms. The van der Waals surface area contributed by atoms with E-state index < -0.39 is 0 Å². The van der Waals surface area contributed by atoms with Gasteiger partial charge in [0.1, 0.15) is 0 Å². The molecule has 1 unspecified atom stereocenters. The SMILES string of the molecule is CC(C)=C1CCC(=N[C@H](C)c2ccccc2)C(C)C1. The average molecular weight is 255 g/mol. The lowest BCUT2D eigenvalue weighted by molar-refractivity contribution is 0.646. The van der Waals surface area contributed by atoms with Gasteiger partial charge in [0.25, 0.3) is 0 Å². The van der Waals surface area contributed by atoms with Crippen LogP contribution in [0.4, 0.5) is 0 Å². The van der Waals surface area contributed by atoms with Crippen molar-refractivity contribution in [3.8, 4) is 0 Å². The van der Waals surface area contributed by atoms with Gasteiger partial charge in [-0.1, -0.05) is 48.4 Å². The van der Waals surface area contributed by atoms with Crippen molar-refractivity contribution in [3.63, 3.8) is 0 Å². The van der Waals surface area contributed by atoms with Crippen LogP contribution in [0.1, 0.15) is 58.6 Å². The van der Waals surface area contributed by atoms with Gasteiger partial charge in [-0.3, -0.25) is 4.99 Å². The maximum absolute atomic E-state index is 4.98. The molecule has 1 fully saturated rings. The molecule has 0 aromatic heterocycles. The smallest absolute Gasteiger partial charge is 0.0720 e. The molecule has 1 saturated carbocycles. The fourth-order valence-electron chi connectivity index (χ4n) is 2.82. The Kier molecular flexibility index (Phi) is 4.57. The van der Waals surface area contributed by atoms with Crippen molar-refractivity contribution in [2.45, 2.75) is 53.0 Å². The maximum atomic E-state index is 4.98. The third-order valence-corrected chi connectivity index (χ3v) is 4.15. The van der Waals surface area contributed by atoms with Crippen molar-refractivity contribution >= 4 is 5.71 Å². The molecule has 0 N–H and O–H groups in total. The van der Waals surface area contributed by atoms with E-state index in [9.17, 15) is 0 Å². The Balaban J connectivity index is 2.11. The molecule has 0 heterocycles. The third-order valence-electron chi connectivity index (χ3n) is 4.15. The van der Waals surface area contributed by atoms with E-state index in [1.807, 2.05) is 0 Å². The predicted molar refractivity (Wildman–Crippen MR) is 83.7 cm³/mol. The minimum atomic E-state index is 0.284. The van der Waals surface area contributed by atoms with Crippen molar-refractivity contribution in [3.05, 3.63) is 47.0 Å². The summed E-state index contributed by atoms with van der Waals surface area (Å²) in [7, 11) is 0. The number of aliphatic imine (C=N–C) groups is 1. The molecule has 0 amide bonds. The van der Waals surface area contributed by atoms with Crippen molar-refractivity contribution in [2.24, 2.45) is 10.9 Å². The highest BCUT2D eigenvalue weighted by Gasteiger charge is 2.20. The summed E-state index contributed by atoms with van der Waals surface area (Å²) in [5, 5.41) is 0. The molecule has 1 aliphatic rings. The Morgan fingerprint density at radius 3 is 2.42 bits per heavy atom. The monoisotopic (exact) mass is 255 g/mol. The largest absolute Gasteiger partial charge is 0.286 e. The van der Waals surface area contributed by atoms with Crippen molar-refractivity contribution in [2.75, 3.05) is 0 Å². The highest BCUT2D eigenvalue weighted by atomic mass is 14.8. The van der Waals surface area contributed by atoms with Gasteiger partial charge in [-0.2, -0.15) is 0 Å². The second-order valence-electron chi connectivity index (χ2n) is 5.92. The van der Waals surface area contributed by atoms with Crippen LogP contribution in [0.2, 0.25) is 0 Å². The summed E-state index contributed by atoms with van der Waals surface area (Å²) >= 11 is 0. The summed E-state index contributed by atoms with van der Waals surface area (Å²) in [6, 6.07) is 10.9. The number of nitrogens with zero attached hydrogens (tertiary/aromatic N) is 1. The van der Waals surface area contributed by atoms with Gasteiger partial charge in [-0.05, 0) is 51.5 Å². The van der Waals surface area contributed by atoms with Crippen molar-refractivity contribution in [1.82, 2.24) is 0 Å². The predicted octanol–water partition coefficient (Wildman–Crippen LogP) is 5.35. The summed E-state index contributed by atoms with van der Waals surface area (Å²) in [6.07, 6.45) is 3.54. The van der Waals surface area contributed by atoms with E-state index in [4.69, 9.17) is 4.99 Å². The van der Waals surface area contributed by atoms with E-state index in [0.717, 1.165) is 6.42 Å². The van der Waals surface area contributed by atoms with Crippen LogP contribution < -0.4 is 0 Å². The number of benzene rings is 1. The Bertz CT molecular complexity index is 478. The van der Waals surface area contributed by atoms with Crippen LogP contribution in [-0.2, 0) is 0 Å². The minimum absolute atomic E-state index is 0.284. The first kappa shape index (κ1) is 14.0. The molecule has 2 rings (SSSR count). The summed E-state index contributed by atoms with van der Waals surface area (Å²) in [4.78, 5) is 4.98. The van der Waals surface area contributed by atoms with Crippen LogP contribution in [-0.4, -0.2) is 5.71 Å². The molecule has 2 atom stereocenters. The molecule has 0 saturated heterocycles. The maximum Gasteiger partial charge on any atom is 0.0720 e. The first-order chi connectivity index (χ1) is 9.08. The fourth-order valence-corrected chi connectivity index (χ4v) is 2.82. The van der Waals surface area contributed by atoms with E-state index in [0.29, 0.717) is 5.92 Å². The summed E-state index contributed by atoms with van der Waals surface area (Å²) < 4.78 is 0. The fraction of sp³-hybridized carbons (Fsp3) is 0.500. The zero-order valence-corrected chi connectivity index (χ0v) is 12.6. The molecule has 0 radical (unpaired) electrons. The van der Waals surface area contributed by atoms with Crippen LogP contribution in [0.25, 0.3) is 0 Å².